The summed E-state index contributed by atoms with van der Waals surface area (Å²) in [6, 6.07) is 4.56. The number of nitrogens with zero attached hydrogens (tertiary/aromatic N) is 1. The molecule has 0 saturated carbocycles. The number of methoxy groups -OCH3 is 1. The summed E-state index contributed by atoms with van der Waals surface area (Å²) >= 11 is 0. The highest BCUT2D eigenvalue weighted by molar-refractivity contribution is 5.49. The van der Waals surface area contributed by atoms with Crippen LogP contribution in [0.25, 0.3) is 0 Å². The molecule has 0 bridgehead atoms. The standard InChI is InChI=1S/C8H8NO3/c1-6-3-4-8(12-2)7(5-6)9(10)11/h3-5H,1H2,2H3. The van der Waals surface area contributed by atoms with E-state index in [4.69, 9.17) is 4.74 Å². The topological polar surface area (TPSA) is 52.4 Å². The number of benzene rings is 1. The Bertz CT molecular complexity index is 309. The number of hydrogen-bond donors (Lipinski definition) is 0. The van der Waals surface area contributed by atoms with Crippen molar-refractivity contribution in [3.05, 3.63) is 40.8 Å². The number of rotatable bonds is 2. The minimum atomic E-state index is -0.493. The molecule has 0 aromatic heterocycles. The van der Waals surface area contributed by atoms with Gasteiger partial charge in [0.25, 0.3) is 0 Å². The van der Waals surface area contributed by atoms with Gasteiger partial charge < -0.3 is 4.74 Å². The van der Waals surface area contributed by atoms with E-state index in [1.165, 1.54) is 19.2 Å². The maximum Gasteiger partial charge on any atom is 0.311 e. The highest BCUT2D eigenvalue weighted by atomic mass is 16.6. The van der Waals surface area contributed by atoms with E-state index in [1.807, 2.05) is 0 Å². The Morgan fingerprint density at radius 1 is 1.58 bits per heavy atom. The van der Waals surface area contributed by atoms with Crippen LogP contribution in [0, 0.1) is 17.0 Å². The monoisotopic (exact) mass is 166 g/mol. The van der Waals surface area contributed by atoms with Crippen molar-refractivity contribution in [3.63, 3.8) is 0 Å². The Kier molecular flexibility index (Phi) is 2.28. The maximum absolute atomic E-state index is 10.4. The predicted octanol–water partition coefficient (Wildman–Crippen LogP) is 1.79. The fourth-order valence-corrected chi connectivity index (χ4v) is 0.878. The first-order valence-corrected chi connectivity index (χ1v) is 3.29. The number of hydrogen-bond acceptors (Lipinski definition) is 3. The van der Waals surface area contributed by atoms with E-state index in [9.17, 15) is 10.1 Å². The Morgan fingerprint density at radius 2 is 2.25 bits per heavy atom. The molecule has 1 aromatic carbocycles. The maximum atomic E-state index is 10.4. The van der Waals surface area contributed by atoms with E-state index < -0.39 is 4.92 Å². The van der Waals surface area contributed by atoms with Gasteiger partial charge in [-0.15, -0.1) is 0 Å². The SMILES string of the molecule is [CH2]c1ccc(OC)c([N+](=O)[O-])c1. The molecular formula is C8H8NO3. The number of nitro benzene ring substituents is 1. The molecule has 0 saturated heterocycles. The first kappa shape index (κ1) is 8.52. The summed E-state index contributed by atoms with van der Waals surface area (Å²) in [7, 11) is 1.39. The van der Waals surface area contributed by atoms with E-state index in [2.05, 4.69) is 6.92 Å². The number of nitro groups is 1. The zero-order valence-corrected chi connectivity index (χ0v) is 6.61. The molecule has 0 aliphatic heterocycles. The van der Waals surface area contributed by atoms with Crippen LogP contribution in [0.4, 0.5) is 5.69 Å². The van der Waals surface area contributed by atoms with E-state index in [0.717, 1.165) is 0 Å². The summed E-state index contributed by atoms with van der Waals surface area (Å²) in [5.41, 5.74) is 0.549. The van der Waals surface area contributed by atoms with Gasteiger partial charge in [0, 0.05) is 6.07 Å². The molecule has 0 fully saturated rings. The second-order valence-corrected chi connectivity index (χ2v) is 2.26. The van der Waals surface area contributed by atoms with E-state index in [1.54, 1.807) is 6.07 Å². The average Bonchev–Trinajstić information content (AvgIpc) is 2.04. The molecule has 1 aromatic rings. The van der Waals surface area contributed by atoms with Crippen LogP contribution in [-0.4, -0.2) is 12.0 Å². The lowest BCUT2D eigenvalue weighted by Crippen LogP contribution is -1.93. The van der Waals surface area contributed by atoms with Crippen molar-refractivity contribution < 1.29 is 9.66 Å². The van der Waals surface area contributed by atoms with Gasteiger partial charge in [-0.3, -0.25) is 10.1 Å². The molecule has 1 rings (SSSR count). The van der Waals surface area contributed by atoms with Gasteiger partial charge in [0.1, 0.15) is 0 Å². The summed E-state index contributed by atoms with van der Waals surface area (Å²) in [5.74, 6) is 0.257. The van der Waals surface area contributed by atoms with Crippen molar-refractivity contribution in [3.8, 4) is 5.75 Å². The van der Waals surface area contributed by atoms with Crippen LogP contribution in [0.1, 0.15) is 5.56 Å². The smallest absolute Gasteiger partial charge is 0.311 e. The lowest BCUT2D eigenvalue weighted by atomic mass is 10.2. The van der Waals surface area contributed by atoms with Crippen molar-refractivity contribution in [1.82, 2.24) is 0 Å². The molecule has 0 heterocycles. The molecule has 63 valence electrons. The molecule has 0 aliphatic rings. The van der Waals surface area contributed by atoms with E-state index in [-0.39, 0.29) is 11.4 Å². The molecule has 0 amide bonds. The van der Waals surface area contributed by atoms with Crippen LogP contribution in [0.3, 0.4) is 0 Å². The molecule has 0 atom stereocenters. The lowest BCUT2D eigenvalue weighted by Gasteiger charge is -2.00. The Morgan fingerprint density at radius 3 is 2.75 bits per heavy atom. The van der Waals surface area contributed by atoms with Crippen molar-refractivity contribution >= 4 is 5.69 Å². The third kappa shape index (κ3) is 1.53. The Hall–Kier alpha value is -1.58. The third-order valence-corrected chi connectivity index (χ3v) is 1.44. The fraction of sp³-hybridized carbons (Fsp3) is 0.125. The second kappa shape index (κ2) is 3.21. The highest BCUT2D eigenvalue weighted by Crippen LogP contribution is 2.26. The predicted molar refractivity (Wildman–Crippen MR) is 44.1 cm³/mol. The largest absolute Gasteiger partial charge is 0.490 e. The third-order valence-electron chi connectivity index (χ3n) is 1.44. The summed E-state index contributed by atoms with van der Waals surface area (Å²) < 4.78 is 4.79. The lowest BCUT2D eigenvalue weighted by molar-refractivity contribution is -0.385. The zero-order valence-electron chi connectivity index (χ0n) is 6.61. The highest BCUT2D eigenvalue weighted by Gasteiger charge is 2.13. The molecule has 0 spiro atoms. The molecule has 1 radical (unpaired) electrons. The van der Waals surface area contributed by atoms with Crippen LogP contribution in [-0.2, 0) is 0 Å². The Balaban J connectivity index is 3.21. The quantitative estimate of drug-likeness (QED) is 0.497. The zero-order chi connectivity index (χ0) is 9.14. The summed E-state index contributed by atoms with van der Waals surface area (Å²) in [5, 5.41) is 10.4. The minimum Gasteiger partial charge on any atom is -0.490 e. The van der Waals surface area contributed by atoms with Crippen LogP contribution in [0.15, 0.2) is 18.2 Å². The number of ether oxygens (including phenoxy) is 1. The molecule has 0 unspecified atom stereocenters. The van der Waals surface area contributed by atoms with Gasteiger partial charge in [-0.2, -0.15) is 0 Å². The van der Waals surface area contributed by atoms with Gasteiger partial charge in [-0.05, 0) is 18.6 Å². The molecule has 4 nitrogen and oxygen atoms in total. The molecular weight excluding hydrogens is 158 g/mol. The Labute approximate surface area is 69.9 Å². The minimum absolute atomic E-state index is 0.0509. The van der Waals surface area contributed by atoms with E-state index in [0.29, 0.717) is 5.56 Å². The molecule has 0 N–H and O–H groups in total. The normalized spacial score (nSPS) is 9.50. The second-order valence-electron chi connectivity index (χ2n) is 2.26. The van der Waals surface area contributed by atoms with Gasteiger partial charge in [-0.25, -0.2) is 0 Å². The first-order valence-electron chi connectivity index (χ1n) is 3.29. The van der Waals surface area contributed by atoms with Crippen molar-refractivity contribution in [1.29, 1.82) is 0 Å². The first-order chi connectivity index (χ1) is 5.65. The van der Waals surface area contributed by atoms with Gasteiger partial charge in [0.05, 0.1) is 12.0 Å². The van der Waals surface area contributed by atoms with Crippen LogP contribution in [0.5, 0.6) is 5.75 Å². The molecule has 0 aliphatic carbocycles. The summed E-state index contributed by atoms with van der Waals surface area (Å²) in [4.78, 5) is 9.94. The van der Waals surface area contributed by atoms with Gasteiger partial charge in [0.15, 0.2) is 5.75 Å². The summed E-state index contributed by atoms with van der Waals surface area (Å²) in [6.07, 6.45) is 0. The fourth-order valence-electron chi connectivity index (χ4n) is 0.878. The van der Waals surface area contributed by atoms with Gasteiger partial charge in [-0.1, -0.05) is 6.07 Å². The van der Waals surface area contributed by atoms with E-state index >= 15 is 0 Å². The average molecular weight is 166 g/mol. The van der Waals surface area contributed by atoms with Crippen LogP contribution in [0.2, 0.25) is 0 Å². The van der Waals surface area contributed by atoms with Crippen molar-refractivity contribution in [2.24, 2.45) is 0 Å². The van der Waals surface area contributed by atoms with Crippen LogP contribution >= 0.6 is 0 Å². The summed E-state index contributed by atoms with van der Waals surface area (Å²) in [6.45, 7) is 3.58. The van der Waals surface area contributed by atoms with Crippen LogP contribution < -0.4 is 4.74 Å². The molecule has 4 heteroatoms. The van der Waals surface area contributed by atoms with Crippen molar-refractivity contribution in [2.45, 2.75) is 0 Å². The molecule has 12 heavy (non-hydrogen) atoms. The van der Waals surface area contributed by atoms with Gasteiger partial charge >= 0.3 is 5.69 Å². The van der Waals surface area contributed by atoms with Gasteiger partial charge in [0.2, 0.25) is 0 Å². The van der Waals surface area contributed by atoms with Crippen molar-refractivity contribution in [2.75, 3.05) is 7.11 Å².